The Morgan fingerprint density at radius 2 is 1.90 bits per heavy atom. The summed E-state index contributed by atoms with van der Waals surface area (Å²) in [6, 6.07) is 8.97. The molecule has 1 atom stereocenters. The fourth-order valence-corrected chi connectivity index (χ4v) is 1.58. The fourth-order valence-electron chi connectivity index (χ4n) is 1.58. The number of carboxylic acids is 1. The number of benzene rings is 1. The van der Waals surface area contributed by atoms with E-state index in [0.717, 1.165) is 5.56 Å². The van der Waals surface area contributed by atoms with E-state index in [-0.39, 0.29) is 19.4 Å². The van der Waals surface area contributed by atoms with Crippen LogP contribution in [0.25, 0.3) is 0 Å². The second-order valence-electron chi connectivity index (χ2n) is 4.79. The van der Waals surface area contributed by atoms with Crippen molar-refractivity contribution in [1.82, 2.24) is 5.32 Å². The number of nitrogens with one attached hydrogen (secondary N) is 1. The Kier molecular flexibility index (Phi) is 5.71. The minimum atomic E-state index is -1.61. The van der Waals surface area contributed by atoms with Crippen molar-refractivity contribution in [3.8, 4) is 0 Å². The van der Waals surface area contributed by atoms with E-state index < -0.39 is 23.5 Å². The lowest BCUT2D eigenvalue weighted by Crippen LogP contribution is -2.52. The van der Waals surface area contributed by atoms with Gasteiger partial charge in [0.2, 0.25) is 5.91 Å². The van der Waals surface area contributed by atoms with Crippen LogP contribution in [0.15, 0.2) is 30.3 Å². The maximum Gasteiger partial charge on any atom is 0.408 e. The molecule has 0 aliphatic carbocycles. The molecule has 0 saturated heterocycles. The summed E-state index contributed by atoms with van der Waals surface area (Å²) >= 11 is 0. The van der Waals surface area contributed by atoms with Gasteiger partial charge in [0.1, 0.15) is 12.1 Å². The quantitative estimate of drug-likeness (QED) is 0.693. The number of alkyl carbamates (subject to hydrolysis) is 1. The molecule has 4 N–H and O–H groups in total. The third-order valence-corrected chi connectivity index (χ3v) is 2.93. The van der Waals surface area contributed by atoms with Crippen molar-refractivity contribution < 1.29 is 24.2 Å². The highest BCUT2D eigenvalue weighted by atomic mass is 16.5. The zero-order valence-corrected chi connectivity index (χ0v) is 11.7. The molecule has 0 fully saturated rings. The second kappa shape index (κ2) is 7.28. The number of hydrogen-bond acceptors (Lipinski definition) is 4. The molecule has 114 valence electrons. The van der Waals surface area contributed by atoms with Crippen molar-refractivity contribution in [2.75, 3.05) is 0 Å². The van der Waals surface area contributed by atoms with Crippen LogP contribution in [0.5, 0.6) is 0 Å². The smallest absolute Gasteiger partial charge is 0.408 e. The number of carboxylic acid groups (broad SMARTS) is 1. The van der Waals surface area contributed by atoms with Gasteiger partial charge in [-0.3, -0.25) is 4.79 Å². The zero-order valence-electron chi connectivity index (χ0n) is 11.7. The maximum absolute atomic E-state index is 11.7. The maximum atomic E-state index is 11.7. The van der Waals surface area contributed by atoms with Gasteiger partial charge in [0.05, 0.1) is 0 Å². The van der Waals surface area contributed by atoms with E-state index in [4.69, 9.17) is 15.6 Å². The number of aliphatic carboxylic acids is 1. The van der Waals surface area contributed by atoms with Crippen molar-refractivity contribution in [3.63, 3.8) is 0 Å². The normalized spacial score (nSPS) is 13.0. The topological polar surface area (TPSA) is 119 Å². The molecule has 7 nitrogen and oxygen atoms in total. The average molecular weight is 294 g/mol. The van der Waals surface area contributed by atoms with Crippen LogP contribution in [0.3, 0.4) is 0 Å². The summed E-state index contributed by atoms with van der Waals surface area (Å²) in [5.41, 5.74) is 4.16. The summed E-state index contributed by atoms with van der Waals surface area (Å²) in [5.74, 6) is -1.90. The third-order valence-electron chi connectivity index (χ3n) is 2.93. The van der Waals surface area contributed by atoms with Crippen molar-refractivity contribution in [2.45, 2.75) is 31.9 Å². The molecule has 1 aromatic carbocycles. The van der Waals surface area contributed by atoms with Gasteiger partial charge in [-0.2, -0.15) is 0 Å². The number of amides is 2. The van der Waals surface area contributed by atoms with Crippen molar-refractivity contribution in [3.05, 3.63) is 35.9 Å². The molecule has 0 spiro atoms. The van der Waals surface area contributed by atoms with Gasteiger partial charge in [-0.05, 0) is 18.9 Å². The summed E-state index contributed by atoms with van der Waals surface area (Å²) in [7, 11) is 0. The summed E-state index contributed by atoms with van der Waals surface area (Å²) < 4.78 is 4.95. The Morgan fingerprint density at radius 3 is 2.43 bits per heavy atom. The first-order valence-electron chi connectivity index (χ1n) is 6.34. The van der Waals surface area contributed by atoms with Crippen molar-refractivity contribution in [1.29, 1.82) is 0 Å². The van der Waals surface area contributed by atoms with E-state index in [0.29, 0.717) is 0 Å². The molecule has 0 saturated carbocycles. The summed E-state index contributed by atoms with van der Waals surface area (Å²) in [4.78, 5) is 33.6. The first-order valence-corrected chi connectivity index (χ1v) is 6.34. The van der Waals surface area contributed by atoms with Gasteiger partial charge in [0, 0.05) is 6.42 Å². The van der Waals surface area contributed by atoms with E-state index in [1.54, 1.807) is 24.3 Å². The van der Waals surface area contributed by atoms with Crippen molar-refractivity contribution in [2.24, 2.45) is 5.73 Å². The summed E-state index contributed by atoms with van der Waals surface area (Å²) in [5, 5.41) is 11.4. The lowest BCUT2D eigenvalue weighted by atomic mass is 9.96. The highest BCUT2D eigenvalue weighted by Crippen LogP contribution is 2.13. The minimum absolute atomic E-state index is 0.0260. The van der Waals surface area contributed by atoms with E-state index in [1.807, 2.05) is 6.07 Å². The molecule has 0 aliphatic rings. The first kappa shape index (κ1) is 16.5. The predicted octanol–water partition coefficient (Wildman–Crippen LogP) is 1.02. The van der Waals surface area contributed by atoms with Crippen LogP contribution in [0, 0.1) is 0 Å². The number of carbonyl (C=O) groups is 3. The van der Waals surface area contributed by atoms with E-state index >= 15 is 0 Å². The number of carbonyl (C=O) groups excluding carboxylic acids is 2. The lowest BCUT2D eigenvalue weighted by Gasteiger charge is -2.25. The van der Waals surface area contributed by atoms with Gasteiger partial charge in [0.15, 0.2) is 0 Å². The van der Waals surface area contributed by atoms with Gasteiger partial charge in [-0.25, -0.2) is 9.59 Å². The molecule has 0 aliphatic heterocycles. The largest absolute Gasteiger partial charge is 0.480 e. The number of hydrogen-bond donors (Lipinski definition) is 3. The Morgan fingerprint density at radius 1 is 1.29 bits per heavy atom. The third kappa shape index (κ3) is 5.52. The minimum Gasteiger partial charge on any atom is -0.480 e. The van der Waals surface area contributed by atoms with Gasteiger partial charge in [-0.1, -0.05) is 30.3 Å². The van der Waals surface area contributed by atoms with Crippen LogP contribution >= 0.6 is 0 Å². The molecular formula is C14H18N2O5. The Bertz CT molecular complexity index is 517. The highest BCUT2D eigenvalue weighted by Gasteiger charge is 2.35. The first-order chi connectivity index (χ1) is 9.83. The molecule has 0 unspecified atom stereocenters. The molecule has 0 aromatic heterocycles. The molecule has 1 rings (SSSR count). The molecule has 0 radical (unpaired) electrons. The second-order valence-corrected chi connectivity index (χ2v) is 4.79. The van der Waals surface area contributed by atoms with Crippen LogP contribution in [-0.2, 0) is 20.9 Å². The monoisotopic (exact) mass is 294 g/mol. The molecule has 7 heteroatoms. The van der Waals surface area contributed by atoms with Crippen LogP contribution in [-0.4, -0.2) is 28.6 Å². The van der Waals surface area contributed by atoms with Crippen molar-refractivity contribution >= 4 is 18.0 Å². The Labute approximate surface area is 122 Å². The molecule has 0 bridgehead atoms. The summed E-state index contributed by atoms with van der Waals surface area (Å²) in [6.45, 7) is 1.32. The molecule has 0 heterocycles. The van der Waals surface area contributed by atoms with Crippen LogP contribution in [0.1, 0.15) is 25.3 Å². The predicted molar refractivity (Wildman–Crippen MR) is 74.2 cm³/mol. The van der Waals surface area contributed by atoms with E-state index in [1.165, 1.54) is 6.92 Å². The van der Waals surface area contributed by atoms with E-state index in [2.05, 4.69) is 5.32 Å². The van der Waals surface area contributed by atoms with Gasteiger partial charge in [0.25, 0.3) is 0 Å². The molecule has 2 amide bonds. The molecular weight excluding hydrogens is 276 g/mol. The van der Waals surface area contributed by atoms with E-state index in [9.17, 15) is 14.4 Å². The van der Waals surface area contributed by atoms with Crippen LogP contribution < -0.4 is 11.1 Å². The Balaban J connectivity index is 2.56. The molecule has 21 heavy (non-hydrogen) atoms. The van der Waals surface area contributed by atoms with Gasteiger partial charge < -0.3 is 20.9 Å². The van der Waals surface area contributed by atoms with Crippen LogP contribution in [0.2, 0.25) is 0 Å². The fraction of sp³-hybridized carbons (Fsp3) is 0.357. The average Bonchev–Trinajstić information content (AvgIpc) is 2.44. The SMILES string of the molecule is C[C@@](CCC(N)=O)(NC(=O)OCc1ccccc1)C(=O)O. The highest BCUT2D eigenvalue weighted by molar-refractivity contribution is 5.85. The summed E-state index contributed by atoms with van der Waals surface area (Å²) in [6.07, 6.45) is -1.13. The zero-order chi connectivity index (χ0) is 15.9. The van der Waals surface area contributed by atoms with Gasteiger partial charge in [-0.15, -0.1) is 0 Å². The standard InChI is InChI=1S/C14H18N2O5/c1-14(12(18)19,8-7-11(15)17)16-13(20)21-9-10-5-3-2-4-6-10/h2-6H,7-9H2,1H3,(H2,15,17)(H,16,20)(H,18,19)/t14-/m0/s1. The number of nitrogens with two attached hydrogens (primary N) is 1. The Hall–Kier alpha value is -2.57. The molecule has 1 aromatic rings. The van der Waals surface area contributed by atoms with Gasteiger partial charge >= 0.3 is 12.1 Å². The number of rotatable bonds is 7. The lowest BCUT2D eigenvalue weighted by molar-refractivity contribution is -0.144. The number of ether oxygens (including phenoxy) is 1. The number of primary amides is 1. The van der Waals surface area contributed by atoms with Crippen LogP contribution in [0.4, 0.5) is 4.79 Å².